The number of amides is 1. The molecule has 0 aliphatic heterocycles. The van der Waals surface area contributed by atoms with Crippen molar-refractivity contribution in [3.8, 4) is 0 Å². The number of alkyl halides is 2. The number of nitrogens with two attached hydrogens (primary N) is 1. The van der Waals surface area contributed by atoms with E-state index in [4.69, 9.17) is 17.3 Å². The predicted octanol–water partition coefficient (Wildman–Crippen LogP) is 4.39. The highest BCUT2D eigenvalue weighted by Gasteiger charge is 2.26. The van der Waals surface area contributed by atoms with Crippen LogP contribution in [0.5, 0.6) is 0 Å². The molecule has 168 valence electrons. The van der Waals surface area contributed by atoms with Crippen LogP contribution in [0.3, 0.4) is 0 Å². The number of nitrogens with zero attached hydrogens (tertiary/aromatic N) is 6. The van der Waals surface area contributed by atoms with Crippen LogP contribution in [0.15, 0.2) is 55.1 Å². The third-order valence-corrected chi connectivity index (χ3v) is 5.32. The van der Waals surface area contributed by atoms with Crippen molar-refractivity contribution in [2.45, 2.75) is 25.9 Å². The van der Waals surface area contributed by atoms with Gasteiger partial charge in [0.2, 0.25) is 0 Å². The Kier molecular flexibility index (Phi) is 6.36. The second-order valence-electron chi connectivity index (χ2n) is 7.23. The lowest BCUT2D eigenvalue weighted by atomic mass is 10.1. The smallest absolute Gasteiger partial charge is 0.265 e. The molecule has 0 fully saturated rings. The number of carbonyl (C=O) groups is 1. The monoisotopic (exact) mass is 469 g/mol. The lowest BCUT2D eigenvalue weighted by molar-refractivity contribution is 0.0663. The number of nitrogen functional groups attached to an aromatic ring is 1. The summed E-state index contributed by atoms with van der Waals surface area (Å²) in [5, 5.41) is 0.795. The van der Waals surface area contributed by atoms with Crippen molar-refractivity contribution in [2.24, 2.45) is 0 Å². The Morgan fingerprint density at radius 1 is 1.12 bits per heavy atom. The zero-order valence-corrected chi connectivity index (χ0v) is 18.1. The minimum Gasteiger partial charge on any atom is -0.382 e. The van der Waals surface area contributed by atoms with Crippen LogP contribution >= 0.6 is 11.6 Å². The van der Waals surface area contributed by atoms with Crippen molar-refractivity contribution in [1.29, 1.82) is 0 Å². The Morgan fingerprint density at radius 2 is 1.88 bits per heavy atom. The van der Waals surface area contributed by atoms with E-state index < -0.39 is 12.5 Å². The fourth-order valence-electron chi connectivity index (χ4n) is 3.22. The maximum absolute atomic E-state index is 13.5. The minimum absolute atomic E-state index is 0.0422. The van der Waals surface area contributed by atoms with Crippen molar-refractivity contribution >= 4 is 34.4 Å². The minimum atomic E-state index is -2.63. The van der Waals surface area contributed by atoms with Crippen molar-refractivity contribution in [3.05, 3.63) is 82.8 Å². The molecular formula is C22H18ClF2N7O. The average Bonchev–Trinajstić information content (AvgIpc) is 2.83. The van der Waals surface area contributed by atoms with E-state index in [1.807, 2.05) is 0 Å². The van der Waals surface area contributed by atoms with Gasteiger partial charge in [0.25, 0.3) is 12.3 Å². The summed E-state index contributed by atoms with van der Waals surface area (Å²) in [6.07, 6.45) is 3.02. The largest absolute Gasteiger partial charge is 0.382 e. The van der Waals surface area contributed by atoms with E-state index in [-0.39, 0.29) is 34.4 Å². The Bertz CT molecular complexity index is 1290. The van der Waals surface area contributed by atoms with Crippen LogP contribution in [-0.2, 0) is 6.54 Å². The Morgan fingerprint density at radius 3 is 2.55 bits per heavy atom. The van der Waals surface area contributed by atoms with Crippen LogP contribution in [0, 0.1) is 0 Å². The lowest BCUT2D eigenvalue weighted by Gasteiger charge is -2.28. The topological polar surface area (TPSA) is 111 Å². The fraction of sp³-hybridized carbons (Fsp3) is 0.182. The van der Waals surface area contributed by atoms with Crippen molar-refractivity contribution in [2.75, 3.05) is 5.73 Å². The molecule has 11 heteroatoms. The molecule has 1 atom stereocenters. The van der Waals surface area contributed by atoms with E-state index in [2.05, 4.69) is 24.9 Å². The third kappa shape index (κ3) is 4.85. The quantitative estimate of drug-likeness (QED) is 0.445. The molecule has 0 aliphatic carbocycles. The molecule has 0 radical (unpaired) electrons. The number of hydrogen-bond acceptors (Lipinski definition) is 7. The van der Waals surface area contributed by atoms with Crippen molar-refractivity contribution in [3.63, 3.8) is 0 Å². The summed E-state index contributed by atoms with van der Waals surface area (Å²) in [6.45, 7) is 1.81. The number of pyridine rings is 3. The highest BCUT2D eigenvalue weighted by atomic mass is 35.5. The van der Waals surface area contributed by atoms with Gasteiger partial charge in [-0.15, -0.1) is 0 Å². The van der Waals surface area contributed by atoms with Gasteiger partial charge in [0.1, 0.15) is 11.6 Å². The van der Waals surface area contributed by atoms with Crippen LogP contribution < -0.4 is 5.73 Å². The van der Waals surface area contributed by atoms with Gasteiger partial charge in [-0.25, -0.2) is 28.7 Å². The zero-order chi connectivity index (χ0) is 23.5. The number of aromatic nitrogens is 5. The molecule has 2 N–H and O–H groups in total. The van der Waals surface area contributed by atoms with Gasteiger partial charge in [-0.1, -0.05) is 11.6 Å². The summed E-state index contributed by atoms with van der Waals surface area (Å²) in [5.74, 6) is 0.184. The van der Waals surface area contributed by atoms with Crippen LogP contribution in [0.25, 0.3) is 11.0 Å². The highest BCUT2D eigenvalue weighted by Crippen LogP contribution is 2.26. The first-order valence-electron chi connectivity index (χ1n) is 9.86. The van der Waals surface area contributed by atoms with E-state index >= 15 is 0 Å². The SMILES string of the molecule is C[C@H](c1ncccn1)N(Cc1ccc(C(F)F)cn1)C(=O)c1cnc2nc(N)c(Cl)cc2c1. The molecule has 0 bridgehead atoms. The van der Waals surface area contributed by atoms with Gasteiger partial charge in [0.15, 0.2) is 5.65 Å². The van der Waals surface area contributed by atoms with Gasteiger partial charge < -0.3 is 10.6 Å². The Balaban J connectivity index is 1.70. The molecule has 4 aromatic heterocycles. The Labute approximate surface area is 192 Å². The second kappa shape index (κ2) is 9.37. The summed E-state index contributed by atoms with van der Waals surface area (Å²) >= 11 is 6.07. The zero-order valence-electron chi connectivity index (χ0n) is 17.4. The summed E-state index contributed by atoms with van der Waals surface area (Å²) in [6, 6.07) is 7.08. The maximum atomic E-state index is 13.5. The van der Waals surface area contributed by atoms with Gasteiger partial charge in [-0.2, -0.15) is 0 Å². The number of carbonyl (C=O) groups excluding carboxylic acids is 1. The van der Waals surface area contributed by atoms with Gasteiger partial charge in [0.05, 0.1) is 28.9 Å². The van der Waals surface area contributed by atoms with Crippen LogP contribution in [0.4, 0.5) is 14.6 Å². The Hall–Kier alpha value is -3.79. The molecule has 0 spiro atoms. The van der Waals surface area contributed by atoms with Crippen LogP contribution in [0.2, 0.25) is 5.02 Å². The molecule has 4 rings (SSSR count). The number of hydrogen-bond donors (Lipinski definition) is 1. The number of fused-ring (bicyclic) bond motifs is 1. The van der Waals surface area contributed by atoms with Crippen molar-refractivity contribution in [1.82, 2.24) is 29.8 Å². The second-order valence-corrected chi connectivity index (χ2v) is 7.63. The molecule has 0 unspecified atom stereocenters. The lowest BCUT2D eigenvalue weighted by Crippen LogP contribution is -2.34. The first kappa shape index (κ1) is 22.4. The van der Waals surface area contributed by atoms with E-state index in [0.29, 0.717) is 22.6 Å². The van der Waals surface area contributed by atoms with Crippen LogP contribution in [-0.4, -0.2) is 35.7 Å². The standard InChI is InChI=1S/C22H18ClF2N7O/c1-12(20-27-5-2-6-28-20)32(11-16-4-3-13(9-29-16)18(24)25)22(33)15-7-14-8-17(23)19(26)31-21(14)30-10-15/h2-10,12,18H,11H2,1H3,(H2,26,30,31)/t12-/m1/s1. The summed E-state index contributed by atoms with van der Waals surface area (Å²) in [7, 11) is 0. The molecule has 0 saturated heterocycles. The first-order valence-corrected chi connectivity index (χ1v) is 10.2. The van der Waals surface area contributed by atoms with E-state index in [1.165, 1.54) is 23.2 Å². The summed E-state index contributed by atoms with van der Waals surface area (Å²) < 4.78 is 25.8. The van der Waals surface area contributed by atoms with E-state index in [1.54, 1.807) is 37.5 Å². The van der Waals surface area contributed by atoms with E-state index in [0.717, 1.165) is 6.20 Å². The molecule has 33 heavy (non-hydrogen) atoms. The maximum Gasteiger partial charge on any atom is 0.265 e. The van der Waals surface area contributed by atoms with Gasteiger partial charge in [0, 0.05) is 35.7 Å². The molecule has 0 aliphatic rings. The fourth-order valence-corrected chi connectivity index (χ4v) is 3.38. The third-order valence-electron chi connectivity index (χ3n) is 5.02. The van der Waals surface area contributed by atoms with Crippen molar-refractivity contribution < 1.29 is 13.6 Å². The van der Waals surface area contributed by atoms with E-state index in [9.17, 15) is 13.6 Å². The van der Waals surface area contributed by atoms with Gasteiger partial charge >= 0.3 is 0 Å². The summed E-state index contributed by atoms with van der Waals surface area (Å²) in [5.41, 5.74) is 6.59. The number of halogens is 3. The van der Waals surface area contributed by atoms with Gasteiger partial charge in [-0.05, 0) is 37.3 Å². The number of anilines is 1. The van der Waals surface area contributed by atoms with Crippen LogP contribution in [0.1, 0.15) is 46.8 Å². The molecule has 4 heterocycles. The van der Waals surface area contributed by atoms with Gasteiger partial charge in [-0.3, -0.25) is 9.78 Å². The first-order chi connectivity index (χ1) is 15.8. The molecule has 4 aromatic rings. The average molecular weight is 470 g/mol. The molecule has 0 saturated carbocycles. The number of rotatable bonds is 6. The molecule has 0 aromatic carbocycles. The molecule has 1 amide bonds. The highest BCUT2D eigenvalue weighted by molar-refractivity contribution is 6.33. The predicted molar refractivity (Wildman–Crippen MR) is 118 cm³/mol. The summed E-state index contributed by atoms with van der Waals surface area (Å²) in [4.78, 5) is 36.0. The molecular weight excluding hydrogens is 452 g/mol. The normalized spacial score (nSPS) is 12.2. The molecule has 8 nitrogen and oxygen atoms in total.